The molecule has 1 N–H and O–H groups in total. The van der Waals surface area contributed by atoms with Gasteiger partial charge in [0, 0.05) is 5.76 Å². The topological polar surface area (TPSA) is 84.6 Å². The zero-order valence-corrected chi connectivity index (χ0v) is 12.7. The van der Waals surface area contributed by atoms with Crippen LogP contribution in [0.5, 0.6) is 0 Å². The molecule has 0 aliphatic heterocycles. The second-order valence-corrected chi connectivity index (χ2v) is 5.03. The predicted octanol–water partition coefficient (Wildman–Crippen LogP) is -1.29. The summed E-state index contributed by atoms with van der Waals surface area (Å²) in [4.78, 5) is 11.7. The number of ketones is 1. The van der Waals surface area contributed by atoms with E-state index in [-0.39, 0.29) is 41.7 Å². The van der Waals surface area contributed by atoms with Crippen LogP contribution in [0, 0.1) is 6.26 Å². The molecule has 0 aromatic carbocycles. The summed E-state index contributed by atoms with van der Waals surface area (Å²) in [5, 5.41) is -1.44. The fourth-order valence-corrected chi connectivity index (χ4v) is 2.19. The number of carbonyl (C=O) groups is 1. The van der Waals surface area contributed by atoms with Crippen molar-refractivity contribution in [2.75, 3.05) is 0 Å². The Bertz CT molecular complexity index is 437. The molecule has 0 amide bonds. The van der Waals surface area contributed by atoms with Gasteiger partial charge in [-0.15, -0.1) is 6.07 Å². The third-order valence-electron chi connectivity index (χ3n) is 2.19. The minimum absolute atomic E-state index is 0. The first kappa shape index (κ1) is 16.9. The van der Waals surface area contributed by atoms with E-state index in [9.17, 15) is 13.2 Å². The summed E-state index contributed by atoms with van der Waals surface area (Å²) in [6.45, 7) is 1.87. The van der Waals surface area contributed by atoms with E-state index in [2.05, 4.69) is 6.26 Å². The zero-order chi connectivity index (χ0) is 12.2. The third-order valence-corrected chi connectivity index (χ3v) is 3.36. The minimum Gasteiger partial charge on any atom is -0.588 e. The van der Waals surface area contributed by atoms with Crippen LogP contribution in [0.4, 0.5) is 0 Å². The second-order valence-electron chi connectivity index (χ2n) is 3.43. The molecule has 0 bridgehead atoms. The minimum atomic E-state index is -4.39. The first-order chi connectivity index (χ1) is 7.46. The van der Waals surface area contributed by atoms with Crippen molar-refractivity contribution < 1.29 is 51.7 Å². The van der Waals surface area contributed by atoms with Crippen LogP contribution >= 0.6 is 0 Å². The molecule has 1 aromatic rings. The van der Waals surface area contributed by atoms with Gasteiger partial charge in [-0.2, -0.15) is 14.5 Å². The standard InChI is InChI=1S/C10H13O5S.Na/c1-2-3-6-9(16(12,13)14)10(11)8-5-4-7-15-8;/h4-5,9H,2-3,6H2,1H3,(H,12,13,14);/q-1;+1. The predicted molar refractivity (Wildman–Crippen MR) is 56.7 cm³/mol. The molecule has 90 valence electrons. The molecule has 0 aliphatic rings. The fraction of sp³-hybridized carbons (Fsp3) is 0.500. The Morgan fingerprint density at radius 3 is 2.65 bits per heavy atom. The van der Waals surface area contributed by atoms with Gasteiger partial charge in [-0.3, -0.25) is 4.55 Å². The van der Waals surface area contributed by atoms with Gasteiger partial charge in [0.15, 0.2) is 5.78 Å². The van der Waals surface area contributed by atoms with Gasteiger partial charge in [0.1, 0.15) is 5.25 Å². The van der Waals surface area contributed by atoms with Crippen LogP contribution < -0.4 is 29.6 Å². The molecule has 7 heteroatoms. The Kier molecular flexibility index (Phi) is 7.27. The molecule has 1 heterocycles. The largest absolute Gasteiger partial charge is 1.00 e. The summed E-state index contributed by atoms with van der Waals surface area (Å²) in [7, 11) is -4.39. The fourth-order valence-electron chi connectivity index (χ4n) is 1.34. The number of hydrogen-bond donors (Lipinski definition) is 1. The van der Waals surface area contributed by atoms with Gasteiger partial charge in [0.25, 0.3) is 10.1 Å². The average Bonchev–Trinajstić information content (AvgIpc) is 2.68. The maximum atomic E-state index is 11.7. The van der Waals surface area contributed by atoms with Crippen molar-refractivity contribution in [1.29, 1.82) is 0 Å². The number of unbranched alkanes of at least 4 members (excludes halogenated alkanes) is 1. The van der Waals surface area contributed by atoms with Crippen molar-refractivity contribution in [1.82, 2.24) is 0 Å². The smallest absolute Gasteiger partial charge is 0.588 e. The van der Waals surface area contributed by atoms with E-state index in [0.717, 1.165) is 6.42 Å². The molecule has 0 saturated heterocycles. The molecule has 5 nitrogen and oxygen atoms in total. The van der Waals surface area contributed by atoms with Crippen LogP contribution in [-0.2, 0) is 10.1 Å². The molecule has 0 fully saturated rings. The van der Waals surface area contributed by atoms with Gasteiger partial charge in [0.2, 0.25) is 0 Å². The Morgan fingerprint density at radius 2 is 2.24 bits per heavy atom. The van der Waals surface area contributed by atoms with E-state index in [1.54, 1.807) is 0 Å². The number of furan rings is 1. The molecule has 17 heavy (non-hydrogen) atoms. The Balaban J connectivity index is 0.00000256. The van der Waals surface area contributed by atoms with Crippen molar-refractivity contribution in [3.63, 3.8) is 0 Å². The van der Waals surface area contributed by atoms with Gasteiger partial charge < -0.3 is 9.21 Å². The normalized spacial score (nSPS) is 12.8. The average molecular weight is 268 g/mol. The summed E-state index contributed by atoms with van der Waals surface area (Å²) in [6.07, 6.45) is 3.67. The van der Waals surface area contributed by atoms with Crippen molar-refractivity contribution in [2.24, 2.45) is 0 Å². The molecule has 1 unspecified atom stereocenters. The van der Waals surface area contributed by atoms with E-state index in [4.69, 9.17) is 8.97 Å². The number of rotatable bonds is 6. The molecule has 1 atom stereocenters. The summed E-state index contributed by atoms with van der Waals surface area (Å²) < 4.78 is 35.8. The molecular formula is C10H13NaO5S. The van der Waals surface area contributed by atoms with E-state index in [0.29, 0.717) is 6.42 Å². The van der Waals surface area contributed by atoms with Gasteiger partial charge in [-0.25, -0.2) is 0 Å². The van der Waals surface area contributed by atoms with Crippen molar-refractivity contribution in [2.45, 2.75) is 31.4 Å². The third kappa shape index (κ3) is 4.93. The van der Waals surface area contributed by atoms with Gasteiger partial charge in [-0.05, 0) is 12.7 Å². The van der Waals surface area contributed by atoms with Gasteiger partial charge >= 0.3 is 29.6 Å². The first-order valence-electron chi connectivity index (χ1n) is 4.93. The molecule has 0 saturated carbocycles. The summed E-state index contributed by atoms with van der Waals surface area (Å²) >= 11 is 0. The van der Waals surface area contributed by atoms with E-state index in [1.165, 1.54) is 12.1 Å². The first-order valence-corrected chi connectivity index (χ1v) is 6.43. The summed E-state index contributed by atoms with van der Waals surface area (Å²) in [5.41, 5.74) is 0. The van der Waals surface area contributed by atoms with Crippen molar-refractivity contribution >= 4 is 15.9 Å². The molecule has 1 rings (SSSR count). The SMILES string of the molecule is CCCCC(C(=O)c1cc[c-]o1)S(=O)(=O)O.[Na+]. The van der Waals surface area contributed by atoms with E-state index < -0.39 is 21.2 Å². The number of carbonyl (C=O) groups excluding carboxylic acids is 1. The monoisotopic (exact) mass is 268 g/mol. The van der Waals surface area contributed by atoms with Crippen LogP contribution in [0.3, 0.4) is 0 Å². The zero-order valence-electron chi connectivity index (χ0n) is 9.84. The summed E-state index contributed by atoms with van der Waals surface area (Å²) in [5.74, 6) is -0.823. The Hall–Kier alpha value is -0.140. The van der Waals surface area contributed by atoms with Crippen LogP contribution in [0.25, 0.3) is 0 Å². The Morgan fingerprint density at radius 1 is 1.59 bits per heavy atom. The summed E-state index contributed by atoms with van der Waals surface area (Å²) in [6, 6.07) is 2.70. The quantitative estimate of drug-likeness (QED) is 0.300. The number of hydrogen-bond acceptors (Lipinski definition) is 4. The van der Waals surface area contributed by atoms with Crippen LogP contribution in [0.15, 0.2) is 16.5 Å². The van der Waals surface area contributed by atoms with Crippen molar-refractivity contribution in [3.05, 3.63) is 24.2 Å². The van der Waals surface area contributed by atoms with Crippen LogP contribution in [0.1, 0.15) is 36.7 Å². The molecule has 0 spiro atoms. The maximum Gasteiger partial charge on any atom is 1.00 e. The number of Topliss-reactive ketones (excluding diaryl/α,β-unsaturated/α-hetero) is 1. The van der Waals surface area contributed by atoms with Gasteiger partial charge in [-0.1, -0.05) is 19.8 Å². The van der Waals surface area contributed by atoms with Crippen LogP contribution in [-0.4, -0.2) is 24.0 Å². The van der Waals surface area contributed by atoms with Gasteiger partial charge in [0.05, 0.1) is 0 Å². The molecule has 1 aromatic heterocycles. The molecule has 0 radical (unpaired) electrons. The van der Waals surface area contributed by atoms with Crippen molar-refractivity contribution in [3.8, 4) is 0 Å². The Labute approximate surface area is 123 Å². The molecular weight excluding hydrogens is 255 g/mol. The second kappa shape index (κ2) is 7.33. The van der Waals surface area contributed by atoms with Crippen LogP contribution in [0.2, 0.25) is 0 Å². The van der Waals surface area contributed by atoms with E-state index >= 15 is 0 Å². The molecule has 0 aliphatic carbocycles. The van der Waals surface area contributed by atoms with E-state index in [1.807, 2.05) is 6.92 Å². The maximum absolute atomic E-state index is 11.7.